The van der Waals surface area contributed by atoms with Crippen molar-refractivity contribution in [2.75, 3.05) is 18.9 Å². The third-order valence-corrected chi connectivity index (χ3v) is 3.91. The van der Waals surface area contributed by atoms with Gasteiger partial charge in [0.05, 0.1) is 10.5 Å². The molecule has 0 aliphatic carbocycles. The van der Waals surface area contributed by atoms with E-state index in [0.717, 1.165) is 11.6 Å². The normalized spacial score (nSPS) is 11.3. The second kappa shape index (κ2) is 9.33. The predicted octanol–water partition coefficient (Wildman–Crippen LogP) is 2.54. The molecule has 8 heteroatoms. The molecule has 0 unspecified atom stereocenters. The van der Waals surface area contributed by atoms with Crippen molar-refractivity contribution in [3.63, 3.8) is 0 Å². The van der Waals surface area contributed by atoms with Crippen LogP contribution in [0.3, 0.4) is 0 Å². The zero-order valence-electron chi connectivity index (χ0n) is 15.1. The van der Waals surface area contributed by atoms with Gasteiger partial charge in [-0.15, -0.1) is 0 Å². The fourth-order valence-corrected chi connectivity index (χ4v) is 2.42. The first-order valence-corrected chi connectivity index (χ1v) is 8.41. The van der Waals surface area contributed by atoms with Gasteiger partial charge in [-0.05, 0) is 31.0 Å². The number of nitrogens with one attached hydrogen (secondary N) is 2. The summed E-state index contributed by atoms with van der Waals surface area (Å²) in [5, 5.41) is 16.5. The number of nitrogens with zero attached hydrogens (tertiary/aromatic N) is 1. The topological polar surface area (TPSA) is 111 Å². The molecule has 0 spiro atoms. The summed E-state index contributed by atoms with van der Waals surface area (Å²) >= 11 is 0. The molecule has 0 aromatic heterocycles. The molecule has 2 N–H and O–H groups in total. The number of hydrogen-bond donors (Lipinski definition) is 2. The van der Waals surface area contributed by atoms with Crippen LogP contribution in [0.5, 0.6) is 0 Å². The number of anilines is 1. The van der Waals surface area contributed by atoms with Gasteiger partial charge >= 0.3 is 5.97 Å². The fraction of sp³-hybridized carbons (Fsp3) is 0.263. The Kier molecular flexibility index (Phi) is 6.87. The summed E-state index contributed by atoms with van der Waals surface area (Å²) in [6.07, 6.45) is -0.360. The van der Waals surface area contributed by atoms with Crippen molar-refractivity contribution >= 4 is 23.3 Å². The van der Waals surface area contributed by atoms with Crippen LogP contribution in [-0.2, 0) is 16.0 Å². The van der Waals surface area contributed by atoms with E-state index in [1.54, 1.807) is 7.05 Å². The molecule has 0 bridgehead atoms. The first-order chi connectivity index (χ1) is 12.9. The van der Waals surface area contributed by atoms with Crippen LogP contribution in [0.2, 0.25) is 0 Å². The molecule has 0 aliphatic heterocycles. The lowest BCUT2D eigenvalue weighted by molar-refractivity contribution is -0.384. The quantitative estimate of drug-likeness (QED) is 0.419. The standard InChI is InChI=1S/C19H21N3O5/c1-13(18(23)21-11-10-14-6-4-3-5-7-14)27-19(24)15-8-9-16(20-2)17(12-15)22(25)26/h3-9,12-13,20H,10-11H2,1-2H3,(H,21,23)/t13-/m1/s1. The van der Waals surface area contributed by atoms with E-state index in [9.17, 15) is 19.7 Å². The first kappa shape index (κ1) is 19.9. The Balaban J connectivity index is 1.91. The lowest BCUT2D eigenvalue weighted by atomic mass is 10.1. The average Bonchev–Trinajstić information content (AvgIpc) is 2.67. The molecule has 0 saturated heterocycles. The molecule has 2 aromatic carbocycles. The number of carbonyl (C=O) groups is 2. The summed E-state index contributed by atoms with van der Waals surface area (Å²) in [4.78, 5) is 34.7. The van der Waals surface area contributed by atoms with Crippen molar-refractivity contribution in [3.8, 4) is 0 Å². The lowest BCUT2D eigenvalue weighted by Gasteiger charge is -2.14. The molecule has 0 saturated carbocycles. The molecule has 0 fully saturated rings. The Labute approximate surface area is 156 Å². The largest absolute Gasteiger partial charge is 0.449 e. The highest BCUT2D eigenvalue weighted by Crippen LogP contribution is 2.25. The second-order valence-electron chi connectivity index (χ2n) is 5.81. The third kappa shape index (κ3) is 5.53. The van der Waals surface area contributed by atoms with E-state index in [2.05, 4.69) is 10.6 Å². The number of amides is 1. The molecule has 1 amide bonds. The molecule has 0 aliphatic rings. The Bertz CT molecular complexity index is 823. The van der Waals surface area contributed by atoms with E-state index in [1.165, 1.54) is 19.1 Å². The van der Waals surface area contributed by atoms with Gasteiger partial charge in [-0.2, -0.15) is 0 Å². The van der Waals surface area contributed by atoms with E-state index in [4.69, 9.17) is 4.74 Å². The smallest absolute Gasteiger partial charge is 0.339 e. The lowest BCUT2D eigenvalue weighted by Crippen LogP contribution is -2.36. The maximum absolute atomic E-state index is 12.2. The zero-order valence-corrected chi connectivity index (χ0v) is 15.1. The summed E-state index contributed by atoms with van der Waals surface area (Å²) in [5.74, 6) is -1.23. The molecule has 27 heavy (non-hydrogen) atoms. The average molecular weight is 371 g/mol. The fourth-order valence-electron chi connectivity index (χ4n) is 2.42. The molecule has 2 aromatic rings. The van der Waals surface area contributed by atoms with Crippen LogP contribution in [0.25, 0.3) is 0 Å². The van der Waals surface area contributed by atoms with E-state index < -0.39 is 22.9 Å². The van der Waals surface area contributed by atoms with Crippen molar-refractivity contribution in [2.24, 2.45) is 0 Å². The highest BCUT2D eigenvalue weighted by molar-refractivity contribution is 5.93. The third-order valence-electron chi connectivity index (χ3n) is 3.91. The van der Waals surface area contributed by atoms with Gasteiger partial charge in [-0.3, -0.25) is 14.9 Å². The van der Waals surface area contributed by atoms with Crippen molar-refractivity contribution < 1.29 is 19.2 Å². The summed E-state index contributed by atoms with van der Waals surface area (Å²) in [7, 11) is 1.54. The van der Waals surface area contributed by atoms with Crippen LogP contribution < -0.4 is 10.6 Å². The van der Waals surface area contributed by atoms with Crippen molar-refractivity contribution in [3.05, 3.63) is 69.8 Å². The number of hydrogen-bond acceptors (Lipinski definition) is 6. The number of esters is 1. The summed E-state index contributed by atoms with van der Waals surface area (Å²) in [6, 6.07) is 13.6. The zero-order chi connectivity index (χ0) is 19.8. The van der Waals surface area contributed by atoms with E-state index in [-0.39, 0.29) is 16.9 Å². The van der Waals surface area contributed by atoms with Gasteiger partial charge in [-0.25, -0.2) is 4.79 Å². The molecular weight excluding hydrogens is 350 g/mol. The maximum atomic E-state index is 12.2. The summed E-state index contributed by atoms with van der Waals surface area (Å²) in [6.45, 7) is 1.86. The number of nitro benzene ring substituents is 1. The molecule has 0 radical (unpaired) electrons. The van der Waals surface area contributed by atoms with E-state index in [1.807, 2.05) is 30.3 Å². The van der Waals surface area contributed by atoms with Gasteiger partial charge in [-0.1, -0.05) is 30.3 Å². The Morgan fingerprint density at radius 3 is 2.52 bits per heavy atom. The summed E-state index contributed by atoms with van der Waals surface area (Å²) < 4.78 is 5.12. The molecule has 1 atom stereocenters. The second-order valence-corrected chi connectivity index (χ2v) is 5.81. The predicted molar refractivity (Wildman–Crippen MR) is 101 cm³/mol. The maximum Gasteiger partial charge on any atom is 0.339 e. The van der Waals surface area contributed by atoms with Gasteiger partial charge in [0.15, 0.2) is 6.10 Å². The van der Waals surface area contributed by atoms with Gasteiger partial charge in [0, 0.05) is 19.7 Å². The number of ether oxygens (including phenoxy) is 1. The number of benzene rings is 2. The van der Waals surface area contributed by atoms with Crippen molar-refractivity contribution in [2.45, 2.75) is 19.4 Å². The number of carbonyl (C=O) groups excluding carboxylic acids is 2. The van der Waals surface area contributed by atoms with Gasteiger partial charge in [0.2, 0.25) is 0 Å². The highest BCUT2D eigenvalue weighted by Gasteiger charge is 2.21. The minimum atomic E-state index is -1.02. The number of rotatable bonds is 8. The van der Waals surface area contributed by atoms with Crippen molar-refractivity contribution in [1.82, 2.24) is 5.32 Å². The summed E-state index contributed by atoms with van der Waals surface area (Å²) in [5.41, 5.74) is 1.12. The van der Waals surface area contributed by atoms with Crippen molar-refractivity contribution in [1.29, 1.82) is 0 Å². The van der Waals surface area contributed by atoms with Gasteiger partial charge in [0.25, 0.3) is 11.6 Å². The van der Waals surface area contributed by atoms with Crippen LogP contribution in [0, 0.1) is 10.1 Å². The van der Waals surface area contributed by atoms with Crippen LogP contribution in [-0.4, -0.2) is 36.5 Å². The van der Waals surface area contributed by atoms with Crippen LogP contribution >= 0.6 is 0 Å². The van der Waals surface area contributed by atoms with Crippen LogP contribution in [0.1, 0.15) is 22.8 Å². The monoisotopic (exact) mass is 371 g/mol. The Hall–Kier alpha value is -3.42. The highest BCUT2D eigenvalue weighted by atomic mass is 16.6. The van der Waals surface area contributed by atoms with E-state index in [0.29, 0.717) is 13.0 Å². The minimum Gasteiger partial charge on any atom is -0.449 e. The SMILES string of the molecule is CNc1ccc(C(=O)O[C@H](C)C(=O)NCCc2ccccc2)cc1[N+](=O)[O-]. The van der Waals surface area contributed by atoms with Crippen LogP contribution in [0.15, 0.2) is 48.5 Å². The molecular formula is C19H21N3O5. The van der Waals surface area contributed by atoms with Crippen LogP contribution in [0.4, 0.5) is 11.4 Å². The Morgan fingerprint density at radius 2 is 1.89 bits per heavy atom. The molecule has 142 valence electrons. The first-order valence-electron chi connectivity index (χ1n) is 8.41. The molecule has 2 rings (SSSR count). The molecule has 8 nitrogen and oxygen atoms in total. The molecule has 0 heterocycles. The van der Waals surface area contributed by atoms with Gasteiger partial charge in [0.1, 0.15) is 5.69 Å². The minimum absolute atomic E-state index is 0.00429. The number of nitro groups is 1. The van der Waals surface area contributed by atoms with Gasteiger partial charge < -0.3 is 15.4 Å². The van der Waals surface area contributed by atoms with E-state index >= 15 is 0 Å². The Morgan fingerprint density at radius 1 is 1.19 bits per heavy atom.